The molecule has 0 aromatic heterocycles. The number of nitrogens with one attached hydrogen (secondary N) is 1. The van der Waals surface area contributed by atoms with Crippen molar-refractivity contribution in [1.29, 1.82) is 0 Å². The predicted octanol–water partition coefficient (Wildman–Crippen LogP) is 2.33. The Morgan fingerprint density at radius 1 is 1.11 bits per heavy atom. The van der Waals surface area contributed by atoms with Gasteiger partial charge in [-0.1, -0.05) is 6.07 Å². The first-order valence-corrected chi connectivity index (χ1v) is 10.1. The first-order chi connectivity index (χ1) is 13.3. The van der Waals surface area contributed by atoms with E-state index >= 15 is 0 Å². The van der Waals surface area contributed by atoms with Crippen LogP contribution in [0.4, 0.5) is 5.69 Å². The highest BCUT2D eigenvalue weighted by molar-refractivity contribution is 7.89. The monoisotopic (exact) mass is 406 g/mol. The van der Waals surface area contributed by atoms with Gasteiger partial charge in [-0.05, 0) is 42.8 Å². The summed E-state index contributed by atoms with van der Waals surface area (Å²) in [4.78, 5) is 12.6. The largest absolute Gasteiger partial charge is 0.506 e. The van der Waals surface area contributed by atoms with Gasteiger partial charge in [0.15, 0.2) is 6.29 Å². The Bertz CT molecular complexity index is 951. The number of carbonyl (C=O) groups is 1. The summed E-state index contributed by atoms with van der Waals surface area (Å²) in [6.07, 6.45) is 0.276. The standard InChI is InChI=1S/C19H22N2O6S/c1-21(2)28(24,25)15-7-4-13(5-8-15)18(23)20-16-12-14(6-9-17(16)22)19-26-10-3-11-27-19/h4-9,12,19,22H,3,10-11H2,1-2H3,(H,20,23). The molecule has 0 aliphatic carbocycles. The minimum atomic E-state index is -3.57. The molecule has 1 heterocycles. The lowest BCUT2D eigenvalue weighted by Gasteiger charge is -2.24. The molecule has 0 spiro atoms. The van der Waals surface area contributed by atoms with Crippen LogP contribution in [0.1, 0.15) is 28.6 Å². The van der Waals surface area contributed by atoms with Crippen molar-refractivity contribution in [3.8, 4) is 5.75 Å². The second kappa shape index (κ2) is 8.27. The zero-order chi connectivity index (χ0) is 20.3. The van der Waals surface area contributed by atoms with Crippen molar-refractivity contribution in [2.45, 2.75) is 17.6 Å². The van der Waals surface area contributed by atoms with Crippen molar-refractivity contribution >= 4 is 21.6 Å². The van der Waals surface area contributed by atoms with Crippen LogP contribution in [-0.2, 0) is 19.5 Å². The van der Waals surface area contributed by atoms with E-state index in [4.69, 9.17) is 9.47 Å². The molecule has 28 heavy (non-hydrogen) atoms. The van der Waals surface area contributed by atoms with Crippen LogP contribution in [0.2, 0.25) is 0 Å². The number of hydrogen-bond acceptors (Lipinski definition) is 6. The van der Waals surface area contributed by atoms with Gasteiger partial charge in [0.1, 0.15) is 5.75 Å². The number of aromatic hydroxyl groups is 1. The Balaban J connectivity index is 1.77. The van der Waals surface area contributed by atoms with Gasteiger partial charge in [0, 0.05) is 25.2 Å². The third kappa shape index (κ3) is 4.33. The summed E-state index contributed by atoms with van der Waals surface area (Å²) in [7, 11) is -0.697. The molecular formula is C19H22N2O6S. The summed E-state index contributed by atoms with van der Waals surface area (Å²) in [6.45, 7) is 1.16. The highest BCUT2D eigenvalue weighted by Crippen LogP contribution is 2.31. The van der Waals surface area contributed by atoms with Gasteiger partial charge in [-0.2, -0.15) is 0 Å². The van der Waals surface area contributed by atoms with Crippen molar-refractivity contribution < 1.29 is 27.8 Å². The SMILES string of the molecule is CN(C)S(=O)(=O)c1ccc(C(=O)Nc2cc(C3OCCCO3)ccc2O)cc1. The first-order valence-electron chi connectivity index (χ1n) is 8.69. The predicted molar refractivity (Wildman–Crippen MR) is 103 cm³/mol. The molecule has 0 bridgehead atoms. The van der Waals surface area contributed by atoms with Gasteiger partial charge >= 0.3 is 0 Å². The van der Waals surface area contributed by atoms with E-state index in [9.17, 15) is 18.3 Å². The average Bonchev–Trinajstić information content (AvgIpc) is 2.70. The van der Waals surface area contributed by atoms with Crippen LogP contribution in [0.3, 0.4) is 0 Å². The van der Waals surface area contributed by atoms with Crippen LogP contribution < -0.4 is 5.32 Å². The molecule has 150 valence electrons. The molecule has 0 unspecified atom stereocenters. The number of sulfonamides is 1. The van der Waals surface area contributed by atoms with Crippen LogP contribution in [0.5, 0.6) is 5.75 Å². The number of nitrogens with zero attached hydrogens (tertiary/aromatic N) is 1. The molecule has 1 saturated heterocycles. The Morgan fingerprint density at radius 3 is 2.36 bits per heavy atom. The van der Waals surface area contributed by atoms with Gasteiger partial charge in [-0.3, -0.25) is 4.79 Å². The highest BCUT2D eigenvalue weighted by atomic mass is 32.2. The average molecular weight is 406 g/mol. The molecule has 0 radical (unpaired) electrons. The molecule has 0 saturated carbocycles. The Morgan fingerprint density at radius 2 is 1.75 bits per heavy atom. The third-order valence-corrected chi connectivity index (χ3v) is 6.09. The zero-order valence-corrected chi connectivity index (χ0v) is 16.4. The Hall–Kier alpha value is -2.46. The van der Waals surface area contributed by atoms with Crippen LogP contribution in [0.25, 0.3) is 0 Å². The molecule has 2 N–H and O–H groups in total. The van der Waals surface area contributed by atoms with Crippen LogP contribution >= 0.6 is 0 Å². The third-order valence-electron chi connectivity index (χ3n) is 4.26. The molecule has 1 fully saturated rings. The lowest BCUT2D eigenvalue weighted by Crippen LogP contribution is -2.22. The van der Waals surface area contributed by atoms with Gasteiger partial charge < -0.3 is 19.9 Å². The van der Waals surface area contributed by atoms with Crippen LogP contribution in [0.15, 0.2) is 47.4 Å². The molecule has 1 amide bonds. The minimum Gasteiger partial charge on any atom is -0.506 e. The zero-order valence-electron chi connectivity index (χ0n) is 15.6. The lowest BCUT2D eigenvalue weighted by molar-refractivity contribution is -0.183. The number of carbonyl (C=O) groups excluding carboxylic acids is 1. The molecular weight excluding hydrogens is 384 g/mol. The quantitative estimate of drug-likeness (QED) is 0.739. The molecule has 0 atom stereocenters. The minimum absolute atomic E-state index is 0.0884. The van der Waals surface area contributed by atoms with Gasteiger partial charge in [0.2, 0.25) is 10.0 Å². The topological polar surface area (TPSA) is 105 Å². The second-order valence-corrected chi connectivity index (χ2v) is 8.62. The fourth-order valence-electron chi connectivity index (χ4n) is 2.66. The van der Waals surface area contributed by atoms with Gasteiger partial charge in [0.05, 0.1) is 23.8 Å². The van der Waals surface area contributed by atoms with Gasteiger partial charge in [-0.15, -0.1) is 0 Å². The summed E-state index contributed by atoms with van der Waals surface area (Å²) >= 11 is 0. The van der Waals surface area contributed by atoms with E-state index in [-0.39, 0.29) is 21.9 Å². The van der Waals surface area contributed by atoms with E-state index in [0.717, 1.165) is 10.7 Å². The molecule has 9 heteroatoms. The first kappa shape index (κ1) is 20.3. The number of benzene rings is 2. The fourth-order valence-corrected chi connectivity index (χ4v) is 3.57. The van der Waals surface area contributed by atoms with E-state index < -0.39 is 22.2 Å². The number of ether oxygens (including phenoxy) is 2. The number of anilines is 1. The summed E-state index contributed by atoms with van der Waals surface area (Å²) in [5.74, 6) is -0.577. The number of phenols is 1. The van der Waals surface area contributed by atoms with E-state index in [1.807, 2.05) is 0 Å². The summed E-state index contributed by atoms with van der Waals surface area (Å²) in [6, 6.07) is 10.3. The molecule has 3 rings (SSSR count). The fraction of sp³-hybridized carbons (Fsp3) is 0.316. The molecule has 2 aromatic rings. The van der Waals surface area contributed by atoms with E-state index in [1.165, 1.54) is 44.4 Å². The van der Waals surface area contributed by atoms with Crippen molar-refractivity contribution in [1.82, 2.24) is 4.31 Å². The number of hydrogen-bond donors (Lipinski definition) is 2. The number of rotatable bonds is 5. The molecule has 2 aromatic carbocycles. The van der Waals surface area contributed by atoms with Gasteiger partial charge in [0.25, 0.3) is 5.91 Å². The Kier molecular flexibility index (Phi) is 5.99. The van der Waals surface area contributed by atoms with Gasteiger partial charge in [-0.25, -0.2) is 12.7 Å². The summed E-state index contributed by atoms with van der Waals surface area (Å²) in [5.41, 5.74) is 1.15. The second-order valence-electron chi connectivity index (χ2n) is 6.47. The number of amides is 1. The maximum Gasteiger partial charge on any atom is 0.255 e. The van der Waals surface area contributed by atoms with E-state index in [1.54, 1.807) is 12.1 Å². The van der Waals surface area contributed by atoms with Crippen molar-refractivity contribution in [2.75, 3.05) is 32.6 Å². The summed E-state index contributed by atoms with van der Waals surface area (Å²) < 4.78 is 36.4. The smallest absolute Gasteiger partial charge is 0.255 e. The van der Waals surface area contributed by atoms with Crippen molar-refractivity contribution in [3.63, 3.8) is 0 Å². The molecule has 8 nitrogen and oxygen atoms in total. The lowest BCUT2D eigenvalue weighted by atomic mass is 10.1. The normalized spacial score (nSPS) is 15.5. The van der Waals surface area contributed by atoms with Crippen LogP contribution in [0, 0.1) is 0 Å². The van der Waals surface area contributed by atoms with Crippen LogP contribution in [-0.4, -0.2) is 51.0 Å². The molecule has 1 aliphatic rings. The van der Waals surface area contributed by atoms with Crippen molar-refractivity contribution in [3.05, 3.63) is 53.6 Å². The highest BCUT2D eigenvalue weighted by Gasteiger charge is 2.20. The number of phenolic OH excluding ortho intramolecular Hbond substituents is 1. The van der Waals surface area contributed by atoms with Crippen molar-refractivity contribution in [2.24, 2.45) is 0 Å². The maximum absolute atomic E-state index is 12.5. The molecule has 1 aliphatic heterocycles. The Labute approximate surface area is 163 Å². The van der Waals surface area contributed by atoms with E-state index in [0.29, 0.717) is 18.8 Å². The summed E-state index contributed by atoms with van der Waals surface area (Å²) in [5, 5.41) is 12.7. The van der Waals surface area contributed by atoms with E-state index in [2.05, 4.69) is 5.32 Å². The maximum atomic E-state index is 12.5.